The number of nitrogens with one attached hydrogen (secondary N) is 1. The molecule has 0 radical (unpaired) electrons. The fourth-order valence-electron chi connectivity index (χ4n) is 2.13. The van der Waals surface area contributed by atoms with Gasteiger partial charge in [0.2, 0.25) is 5.84 Å². The van der Waals surface area contributed by atoms with E-state index < -0.39 is 0 Å². The van der Waals surface area contributed by atoms with Crippen molar-refractivity contribution in [2.24, 2.45) is 10.3 Å². The first-order chi connectivity index (χ1) is 10.8. The van der Waals surface area contributed by atoms with Crippen molar-refractivity contribution in [1.82, 2.24) is 9.55 Å². The zero-order chi connectivity index (χ0) is 15.4. The summed E-state index contributed by atoms with van der Waals surface area (Å²) in [6, 6.07) is 17.2. The first kappa shape index (κ1) is 13.8. The van der Waals surface area contributed by atoms with Gasteiger partial charge in [-0.05, 0) is 31.2 Å². The number of rotatable bonds is 3. The number of hydrogen-bond acceptors (Lipinski definition) is 5. The van der Waals surface area contributed by atoms with Crippen molar-refractivity contribution in [3.05, 3.63) is 60.9 Å². The molecule has 0 bridgehead atoms. The minimum atomic E-state index is 0.317. The molecule has 0 saturated carbocycles. The van der Waals surface area contributed by atoms with Crippen molar-refractivity contribution in [2.45, 2.75) is 6.92 Å². The molecule has 0 aliphatic carbocycles. The monoisotopic (exact) mass is 293 g/mol. The Kier molecular flexibility index (Phi) is 3.82. The Balaban J connectivity index is 1.91. The van der Waals surface area contributed by atoms with Crippen molar-refractivity contribution in [2.75, 3.05) is 5.43 Å². The van der Waals surface area contributed by atoms with Gasteiger partial charge < -0.3 is 5.21 Å². The third-order valence-corrected chi connectivity index (χ3v) is 3.23. The maximum absolute atomic E-state index is 9.36. The predicted octanol–water partition coefficient (Wildman–Crippen LogP) is 3.16. The first-order valence-electron chi connectivity index (χ1n) is 6.80. The number of hydrazone groups is 1. The summed E-state index contributed by atoms with van der Waals surface area (Å²) in [5, 5.41) is 17.0. The molecule has 0 amide bonds. The van der Waals surface area contributed by atoms with E-state index in [0.717, 1.165) is 16.7 Å². The summed E-state index contributed by atoms with van der Waals surface area (Å²) in [6.07, 6.45) is 1.61. The van der Waals surface area contributed by atoms with Crippen LogP contribution in [0.3, 0.4) is 0 Å². The van der Waals surface area contributed by atoms with Crippen LogP contribution in [0, 0.1) is 0 Å². The van der Waals surface area contributed by atoms with E-state index in [9.17, 15) is 5.21 Å². The summed E-state index contributed by atoms with van der Waals surface area (Å²) in [4.78, 5) is 4.28. The van der Waals surface area contributed by atoms with E-state index in [1.54, 1.807) is 17.8 Å². The highest BCUT2D eigenvalue weighted by atomic mass is 16.4. The molecule has 0 aliphatic rings. The van der Waals surface area contributed by atoms with Crippen LogP contribution in [-0.2, 0) is 0 Å². The number of imidazole rings is 1. The smallest absolute Gasteiger partial charge is 0.201 e. The number of para-hydroxylation sites is 3. The zero-order valence-corrected chi connectivity index (χ0v) is 12.0. The topological polar surface area (TPSA) is 74.8 Å². The number of benzene rings is 2. The second kappa shape index (κ2) is 6.09. The van der Waals surface area contributed by atoms with Gasteiger partial charge in [-0.25, -0.2) is 4.98 Å². The Morgan fingerprint density at radius 2 is 1.82 bits per heavy atom. The summed E-state index contributed by atoms with van der Waals surface area (Å²) in [5.74, 6) is 0.317. The van der Waals surface area contributed by atoms with Crippen LogP contribution in [0.25, 0.3) is 11.0 Å². The maximum atomic E-state index is 9.36. The van der Waals surface area contributed by atoms with Gasteiger partial charge in [0.15, 0.2) is 0 Å². The molecule has 0 unspecified atom stereocenters. The van der Waals surface area contributed by atoms with Crippen LogP contribution in [-0.4, -0.2) is 26.3 Å². The molecular weight excluding hydrogens is 278 g/mol. The largest absolute Gasteiger partial charge is 0.409 e. The van der Waals surface area contributed by atoms with Crippen LogP contribution in [0.15, 0.2) is 71.2 Å². The highest BCUT2D eigenvalue weighted by molar-refractivity contribution is 6.42. The molecule has 6 nitrogen and oxygen atoms in total. The van der Waals surface area contributed by atoms with Crippen LogP contribution < -0.4 is 5.43 Å². The third kappa shape index (κ3) is 2.67. The minimum Gasteiger partial charge on any atom is -0.409 e. The average molecular weight is 293 g/mol. The van der Waals surface area contributed by atoms with Gasteiger partial charge in [0.25, 0.3) is 0 Å². The molecule has 1 aromatic heterocycles. The van der Waals surface area contributed by atoms with Crippen LogP contribution in [0.4, 0.5) is 5.69 Å². The van der Waals surface area contributed by atoms with E-state index in [0.29, 0.717) is 11.5 Å². The lowest BCUT2D eigenvalue weighted by molar-refractivity contribution is 0.318. The van der Waals surface area contributed by atoms with Gasteiger partial charge in [0.1, 0.15) is 12.0 Å². The Labute approximate surface area is 127 Å². The molecule has 0 spiro atoms. The molecule has 0 saturated heterocycles. The van der Waals surface area contributed by atoms with Gasteiger partial charge in [-0.15, -0.1) is 0 Å². The molecule has 3 rings (SSSR count). The second-order valence-electron chi connectivity index (χ2n) is 4.70. The lowest BCUT2D eigenvalue weighted by Gasteiger charge is -2.07. The summed E-state index contributed by atoms with van der Waals surface area (Å²) in [6.45, 7) is 1.76. The van der Waals surface area contributed by atoms with E-state index in [-0.39, 0.29) is 0 Å². The van der Waals surface area contributed by atoms with E-state index >= 15 is 0 Å². The first-order valence-corrected chi connectivity index (χ1v) is 6.80. The van der Waals surface area contributed by atoms with Crippen LogP contribution >= 0.6 is 0 Å². The Morgan fingerprint density at radius 3 is 2.59 bits per heavy atom. The minimum absolute atomic E-state index is 0.317. The van der Waals surface area contributed by atoms with Gasteiger partial charge in [0, 0.05) is 0 Å². The van der Waals surface area contributed by atoms with Crippen molar-refractivity contribution in [3.63, 3.8) is 0 Å². The van der Waals surface area contributed by atoms with Gasteiger partial charge >= 0.3 is 0 Å². The van der Waals surface area contributed by atoms with Gasteiger partial charge in [-0.3, -0.25) is 9.99 Å². The van der Waals surface area contributed by atoms with Crippen molar-refractivity contribution in [1.29, 1.82) is 0 Å². The number of fused-ring (bicyclic) bond motifs is 1. The Hall–Kier alpha value is -3.15. The molecule has 22 heavy (non-hydrogen) atoms. The van der Waals surface area contributed by atoms with Crippen molar-refractivity contribution in [3.8, 4) is 0 Å². The number of aromatic nitrogens is 2. The molecular formula is C16H15N5O. The van der Waals surface area contributed by atoms with Crippen LogP contribution in [0.2, 0.25) is 0 Å². The average Bonchev–Trinajstić information content (AvgIpc) is 2.99. The van der Waals surface area contributed by atoms with Gasteiger partial charge in [-0.1, -0.05) is 35.5 Å². The lowest BCUT2D eigenvalue weighted by atomic mass is 10.3. The quantitative estimate of drug-likeness (QED) is 0.337. The zero-order valence-electron chi connectivity index (χ0n) is 12.0. The van der Waals surface area contributed by atoms with Crippen molar-refractivity contribution < 1.29 is 5.21 Å². The Morgan fingerprint density at radius 1 is 1.09 bits per heavy atom. The number of hydrogen-bond donors (Lipinski definition) is 2. The Bertz CT molecular complexity index is 836. The highest BCUT2D eigenvalue weighted by Crippen LogP contribution is 2.12. The molecule has 0 fully saturated rings. The predicted molar refractivity (Wildman–Crippen MR) is 87.5 cm³/mol. The summed E-state index contributed by atoms with van der Waals surface area (Å²) in [7, 11) is 0. The SMILES string of the molecule is CC(=N\Nc1ccccc1)/C(=N\O)n1cnc2ccccc21. The van der Waals surface area contributed by atoms with E-state index in [4.69, 9.17) is 0 Å². The summed E-state index contributed by atoms with van der Waals surface area (Å²) < 4.78 is 1.70. The fourth-order valence-corrected chi connectivity index (χ4v) is 2.13. The van der Waals surface area contributed by atoms with Gasteiger partial charge in [0.05, 0.1) is 16.7 Å². The molecule has 6 heteroatoms. The number of anilines is 1. The van der Waals surface area contributed by atoms with Gasteiger partial charge in [-0.2, -0.15) is 5.10 Å². The molecule has 0 atom stereocenters. The molecule has 2 N–H and O–H groups in total. The van der Waals surface area contributed by atoms with Crippen LogP contribution in [0.1, 0.15) is 6.92 Å². The summed E-state index contributed by atoms with van der Waals surface area (Å²) in [5.41, 5.74) is 6.00. The lowest BCUT2D eigenvalue weighted by Crippen LogP contribution is -2.21. The maximum Gasteiger partial charge on any atom is 0.201 e. The fraction of sp³-hybridized carbons (Fsp3) is 0.0625. The highest BCUT2D eigenvalue weighted by Gasteiger charge is 2.11. The standard InChI is InChI=1S/C16H15N5O/c1-12(18-19-13-7-3-2-4-8-13)16(20-22)21-11-17-14-9-5-6-10-15(14)21/h2-11,19,22H,1H3/b18-12+,20-16+. The van der Waals surface area contributed by atoms with E-state index in [1.807, 2.05) is 54.6 Å². The van der Waals surface area contributed by atoms with Crippen molar-refractivity contribution >= 4 is 28.3 Å². The number of nitrogens with zero attached hydrogens (tertiary/aromatic N) is 4. The second-order valence-corrected chi connectivity index (χ2v) is 4.70. The molecule has 0 aliphatic heterocycles. The summed E-state index contributed by atoms with van der Waals surface area (Å²) >= 11 is 0. The molecule has 1 heterocycles. The van der Waals surface area contributed by atoms with E-state index in [2.05, 4.69) is 20.7 Å². The molecule has 3 aromatic rings. The third-order valence-electron chi connectivity index (χ3n) is 3.23. The molecule has 2 aromatic carbocycles. The molecule has 110 valence electrons. The normalized spacial score (nSPS) is 12.6. The van der Waals surface area contributed by atoms with Crippen LogP contribution in [0.5, 0.6) is 0 Å². The number of oxime groups is 1. The van der Waals surface area contributed by atoms with E-state index in [1.165, 1.54) is 0 Å².